The molecule has 3 nitrogen and oxygen atoms in total. The Morgan fingerprint density at radius 1 is 1.44 bits per heavy atom. The zero-order valence-corrected chi connectivity index (χ0v) is 10.3. The minimum atomic E-state index is -0.556. The van der Waals surface area contributed by atoms with Gasteiger partial charge in [0.05, 0.1) is 12.7 Å². The van der Waals surface area contributed by atoms with Gasteiger partial charge in [0.25, 0.3) is 0 Å². The molecule has 0 aliphatic rings. The van der Waals surface area contributed by atoms with Crippen LogP contribution in [0.5, 0.6) is 5.75 Å². The molecule has 1 aromatic rings. The Morgan fingerprint density at radius 2 is 2.12 bits per heavy atom. The van der Waals surface area contributed by atoms with E-state index in [1.807, 2.05) is 45.9 Å². The number of nitrogens with zero attached hydrogens (tertiary/aromatic N) is 1. The first-order valence-corrected chi connectivity index (χ1v) is 5.41. The maximum Gasteiger partial charge on any atom is 0.122 e. The molecule has 0 spiro atoms. The van der Waals surface area contributed by atoms with Gasteiger partial charge in [-0.2, -0.15) is 5.26 Å². The molecule has 0 aromatic heterocycles. The van der Waals surface area contributed by atoms with E-state index in [1.165, 1.54) is 0 Å². The van der Waals surface area contributed by atoms with Gasteiger partial charge in [-0.3, -0.25) is 0 Å². The highest BCUT2D eigenvalue weighted by Crippen LogP contribution is 2.23. The summed E-state index contributed by atoms with van der Waals surface area (Å²) in [4.78, 5) is 0. The van der Waals surface area contributed by atoms with Crippen LogP contribution in [0.1, 0.15) is 26.3 Å². The predicted octanol–water partition coefficient (Wildman–Crippen LogP) is 3.11. The van der Waals surface area contributed by atoms with Crippen LogP contribution >= 0.6 is 0 Å². The summed E-state index contributed by atoms with van der Waals surface area (Å²) in [5, 5.41) is 12.1. The molecule has 1 aromatic carbocycles. The van der Waals surface area contributed by atoms with Crippen molar-refractivity contribution in [3.8, 4) is 11.8 Å². The zero-order valence-electron chi connectivity index (χ0n) is 10.3. The van der Waals surface area contributed by atoms with E-state index >= 15 is 0 Å². The van der Waals surface area contributed by atoms with E-state index in [4.69, 9.17) is 10.00 Å². The molecule has 0 unspecified atom stereocenters. The summed E-state index contributed by atoms with van der Waals surface area (Å²) in [6, 6.07) is 8.05. The Bertz CT molecular complexity index is 405. The fourth-order valence-electron chi connectivity index (χ4n) is 1.43. The number of hydrogen-bond acceptors (Lipinski definition) is 3. The first kappa shape index (κ1) is 12.4. The highest BCUT2D eigenvalue weighted by atomic mass is 16.5. The first-order chi connectivity index (χ1) is 7.48. The third kappa shape index (κ3) is 3.16. The number of aryl methyl sites for hydroxylation is 1. The quantitative estimate of drug-likeness (QED) is 0.844. The van der Waals surface area contributed by atoms with Crippen LogP contribution in [0.25, 0.3) is 0 Å². The van der Waals surface area contributed by atoms with Crippen LogP contribution in [0.15, 0.2) is 18.2 Å². The lowest BCUT2D eigenvalue weighted by atomic mass is 10.1. The molecule has 0 aliphatic heterocycles. The van der Waals surface area contributed by atoms with Gasteiger partial charge in [-0.15, -0.1) is 0 Å². The van der Waals surface area contributed by atoms with Crippen LogP contribution in [0.2, 0.25) is 0 Å². The van der Waals surface area contributed by atoms with Crippen LogP contribution in [0.4, 0.5) is 5.69 Å². The van der Waals surface area contributed by atoms with Crippen molar-refractivity contribution in [3.05, 3.63) is 23.8 Å². The summed E-state index contributed by atoms with van der Waals surface area (Å²) in [6.45, 7) is 8.31. The monoisotopic (exact) mass is 218 g/mol. The van der Waals surface area contributed by atoms with Gasteiger partial charge in [-0.1, -0.05) is 0 Å². The second-order valence-corrected chi connectivity index (χ2v) is 4.28. The van der Waals surface area contributed by atoms with Gasteiger partial charge >= 0.3 is 0 Å². The van der Waals surface area contributed by atoms with Crippen molar-refractivity contribution in [2.24, 2.45) is 0 Å². The third-order valence-electron chi connectivity index (χ3n) is 2.21. The Balaban J connectivity index is 2.86. The summed E-state index contributed by atoms with van der Waals surface area (Å²) >= 11 is 0. The Labute approximate surface area is 97.0 Å². The van der Waals surface area contributed by atoms with Crippen molar-refractivity contribution in [2.75, 3.05) is 11.9 Å². The lowest BCUT2D eigenvalue weighted by Crippen LogP contribution is -2.28. The second-order valence-electron chi connectivity index (χ2n) is 4.28. The van der Waals surface area contributed by atoms with Crippen molar-refractivity contribution in [3.63, 3.8) is 0 Å². The highest BCUT2D eigenvalue weighted by Gasteiger charge is 2.15. The van der Waals surface area contributed by atoms with E-state index in [0.717, 1.165) is 17.0 Å². The zero-order chi connectivity index (χ0) is 12.2. The smallest absolute Gasteiger partial charge is 0.122 e. The summed E-state index contributed by atoms with van der Waals surface area (Å²) in [5.41, 5.74) is 1.45. The van der Waals surface area contributed by atoms with Gasteiger partial charge in [0.1, 0.15) is 11.3 Å². The van der Waals surface area contributed by atoms with Crippen molar-refractivity contribution < 1.29 is 4.74 Å². The molecule has 1 N–H and O–H groups in total. The molecular formula is C13H18N2O. The van der Waals surface area contributed by atoms with Crippen molar-refractivity contribution >= 4 is 5.69 Å². The molecule has 1 rings (SSSR count). The molecule has 0 radical (unpaired) electrons. The number of ether oxygens (including phenoxy) is 1. The summed E-state index contributed by atoms with van der Waals surface area (Å²) < 4.78 is 5.46. The first-order valence-electron chi connectivity index (χ1n) is 5.41. The van der Waals surface area contributed by atoms with Gasteiger partial charge in [0, 0.05) is 5.69 Å². The van der Waals surface area contributed by atoms with Crippen molar-refractivity contribution in [1.29, 1.82) is 5.26 Å². The molecule has 86 valence electrons. The molecule has 3 heteroatoms. The van der Waals surface area contributed by atoms with Gasteiger partial charge in [-0.05, 0) is 51.5 Å². The second kappa shape index (κ2) is 4.89. The Hall–Kier alpha value is -1.69. The topological polar surface area (TPSA) is 45.0 Å². The molecule has 0 saturated heterocycles. The molecule has 16 heavy (non-hydrogen) atoms. The summed E-state index contributed by atoms with van der Waals surface area (Å²) in [5.74, 6) is 0.891. The van der Waals surface area contributed by atoms with Crippen LogP contribution < -0.4 is 10.1 Å². The van der Waals surface area contributed by atoms with E-state index in [0.29, 0.717) is 6.61 Å². The van der Waals surface area contributed by atoms with E-state index < -0.39 is 5.54 Å². The fourth-order valence-corrected chi connectivity index (χ4v) is 1.43. The van der Waals surface area contributed by atoms with Crippen LogP contribution in [-0.2, 0) is 0 Å². The Morgan fingerprint density at radius 3 is 2.62 bits per heavy atom. The van der Waals surface area contributed by atoms with Gasteiger partial charge in [0.2, 0.25) is 0 Å². The van der Waals surface area contributed by atoms with Crippen LogP contribution in [-0.4, -0.2) is 12.1 Å². The average Bonchev–Trinajstić information content (AvgIpc) is 2.22. The number of hydrogen-bond donors (Lipinski definition) is 1. The minimum absolute atomic E-state index is 0.556. The molecule has 0 heterocycles. The molecule has 0 fully saturated rings. The number of rotatable bonds is 4. The lowest BCUT2D eigenvalue weighted by Gasteiger charge is -2.20. The maximum atomic E-state index is 8.93. The van der Waals surface area contributed by atoms with E-state index in [9.17, 15) is 0 Å². The summed E-state index contributed by atoms with van der Waals surface area (Å²) in [6.07, 6.45) is 0. The number of benzene rings is 1. The molecular weight excluding hydrogens is 200 g/mol. The van der Waals surface area contributed by atoms with E-state index in [1.54, 1.807) is 0 Å². The van der Waals surface area contributed by atoms with E-state index in [2.05, 4.69) is 11.4 Å². The Kier molecular flexibility index (Phi) is 3.78. The average molecular weight is 218 g/mol. The van der Waals surface area contributed by atoms with Crippen LogP contribution in [0, 0.1) is 18.3 Å². The van der Waals surface area contributed by atoms with Crippen molar-refractivity contribution in [2.45, 2.75) is 33.2 Å². The fraction of sp³-hybridized carbons (Fsp3) is 0.462. The minimum Gasteiger partial charge on any atom is -0.494 e. The third-order valence-corrected chi connectivity index (χ3v) is 2.21. The van der Waals surface area contributed by atoms with Gasteiger partial charge in [-0.25, -0.2) is 0 Å². The molecule has 0 bridgehead atoms. The highest BCUT2D eigenvalue weighted by molar-refractivity contribution is 5.53. The normalized spacial score (nSPS) is 10.7. The number of nitrogens with one attached hydrogen (secondary N) is 1. The van der Waals surface area contributed by atoms with Crippen LogP contribution in [0.3, 0.4) is 0 Å². The maximum absolute atomic E-state index is 8.93. The largest absolute Gasteiger partial charge is 0.494 e. The molecule has 0 amide bonds. The standard InChI is InChI=1S/C13H18N2O/c1-5-16-12-7-6-11(8-10(12)2)15-13(3,4)9-14/h6-8,15H,5H2,1-4H3. The van der Waals surface area contributed by atoms with E-state index in [-0.39, 0.29) is 0 Å². The van der Waals surface area contributed by atoms with Gasteiger partial charge in [0.15, 0.2) is 0 Å². The SMILES string of the molecule is CCOc1ccc(NC(C)(C)C#N)cc1C. The van der Waals surface area contributed by atoms with Gasteiger partial charge < -0.3 is 10.1 Å². The summed E-state index contributed by atoms with van der Waals surface area (Å²) in [7, 11) is 0. The van der Waals surface area contributed by atoms with Crippen molar-refractivity contribution in [1.82, 2.24) is 0 Å². The molecule has 0 atom stereocenters. The number of nitriles is 1. The lowest BCUT2D eigenvalue weighted by molar-refractivity contribution is 0.338. The molecule has 0 aliphatic carbocycles. The molecule has 0 saturated carbocycles. The predicted molar refractivity (Wildman–Crippen MR) is 65.7 cm³/mol. The number of anilines is 1.